The highest BCUT2D eigenvalue weighted by atomic mass is 19.4. The van der Waals surface area contributed by atoms with E-state index in [0.717, 1.165) is 24.4 Å². The van der Waals surface area contributed by atoms with E-state index >= 15 is 0 Å². The molecule has 0 unspecified atom stereocenters. The Balaban J connectivity index is 2.51. The number of ether oxygens (including phenoxy) is 1. The van der Waals surface area contributed by atoms with E-state index in [0.29, 0.717) is 0 Å². The minimum atomic E-state index is -4.61. The lowest BCUT2D eigenvalue weighted by atomic mass is 10.0. The Morgan fingerprint density at radius 1 is 1.42 bits per heavy atom. The number of phenolic OH excluding ortho intramolecular Hbond substituents is 1. The van der Waals surface area contributed by atoms with Gasteiger partial charge in [-0.1, -0.05) is 0 Å². The third kappa shape index (κ3) is 3.89. The quantitative estimate of drug-likeness (QED) is 0.502. The summed E-state index contributed by atoms with van der Waals surface area (Å²) in [5, 5.41) is 30.0. The van der Waals surface area contributed by atoms with Crippen molar-refractivity contribution in [2.45, 2.75) is 6.18 Å². The fraction of sp³-hybridized carbons (Fsp3) is 0.125. The molecule has 0 saturated carbocycles. The van der Waals surface area contributed by atoms with Gasteiger partial charge in [-0.15, -0.1) is 0 Å². The van der Waals surface area contributed by atoms with Crippen molar-refractivity contribution in [3.63, 3.8) is 0 Å². The number of benzene rings is 1. The maximum absolute atomic E-state index is 12.5. The van der Waals surface area contributed by atoms with Crippen LogP contribution in [0.4, 0.5) is 18.9 Å². The smallest absolute Gasteiger partial charge is 0.433 e. The first-order valence-electron chi connectivity index (χ1n) is 6.88. The van der Waals surface area contributed by atoms with Crippen LogP contribution >= 0.6 is 0 Å². The second kappa shape index (κ2) is 7.10. The van der Waals surface area contributed by atoms with Gasteiger partial charge in [0, 0.05) is 17.8 Å². The molecule has 26 heavy (non-hydrogen) atoms. The minimum Gasteiger partial charge on any atom is -0.500 e. The van der Waals surface area contributed by atoms with E-state index in [1.165, 1.54) is 19.3 Å². The number of phenols is 1. The van der Waals surface area contributed by atoms with Crippen LogP contribution in [0.3, 0.4) is 0 Å². The number of nitro groups is 1. The van der Waals surface area contributed by atoms with Crippen LogP contribution in [0.2, 0.25) is 0 Å². The molecule has 0 aliphatic heterocycles. The molecule has 10 heteroatoms. The summed E-state index contributed by atoms with van der Waals surface area (Å²) in [6.07, 6.45) is -2.52. The molecule has 7 nitrogen and oxygen atoms in total. The Kier molecular flexibility index (Phi) is 5.11. The molecule has 0 atom stereocenters. The van der Waals surface area contributed by atoms with Crippen molar-refractivity contribution in [3.8, 4) is 17.6 Å². The lowest BCUT2D eigenvalue weighted by Crippen LogP contribution is -2.07. The van der Waals surface area contributed by atoms with Gasteiger partial charge in [-0.3, -0.25) is 15.1 Å². The highest BCUT2D eigenvalue weighted by Gasteiger charge is 2.32. The molecule has 2 rings (SSSR count). The minimum absolute atomic E-state index is 0.0757. The number of aromatic hydroxyl groups is 1. The number of alkyl halides is 3. The molecule has 1 aromatic carbocycles. The van der Waals surface area contributed by atoms with E-state index < -0.39 is 28.2 Å². The number of rotatable bonds is 4. The molecule has 1 aromatic heterocycles. The lowest BCUT2D eigenvalue weighted by Gasteiger charge is -2.07. The average molecular weight is 365 g/mol. The number of halogens is 3. The van der Waals surface area contributed by atoms with Crippen LogP contribution in [0.25, 0.3) is 11.6 Å². The molecule has 1 heterocycles. The number of methoxy groups -OCH3 is 1. The van der Waals surface area contributed by atoms with Crippen LogP contribution in [0.15, 0.2) is 30.5 Å². The van der Waals surface area contributed by atoms with Crippen LogP contribution in [0, 0.1) is 21.4 Å². The predicted octanol–water partition coefficient (Wildman–Crippen LogP) is 3.79. The highest BCUT2D eigenvalue weighted by Crippen LogP contribution is 2.38. The van der Waals surface area contributed by atoms with Crippen LogP contribution in [0.5, 0.6) is 11.5 Å². The first-order chi connectivity index (χ1) is 12.2. The summed E-state index contributed by atoms with van der Waals surface area (Å²) >= 11 is 0. The Hall–Kier alpha value is -3.61. The van der Waals surface area contributed by atoms with Crippen molar-refractivity contribution < 1.29 is 27.9 Å². The molecule has 0 aliphatic carbocycles. The predicted molar refractivity (Wildman–Crippen MR) is 84.0 cm³/mol. The Labute approximate surface area is 144 Å². The molecule has 0 spiro atoms. The van der Waals surface area contributed by atoms with Crippen molar-refractivity contribution in [3.05, 3.63) is 57.4 Å². The van der Waals surface area contributed by atoms with Gasteiger partial charge in [-0.25, -0.2) is 0 Å². The standard InChI is InChI=1S/C16H10F3N3O4/c1-26-13-6-9(5-12(15(13)23)22(24)25)4-11(7-20)10-2-3-14(21-8-10)16(17,18)19/h2-6,8,23H,1H3. The molecule has 0 amide bonds. The Morgan fingerprint density at radius 2 is 2.12 bits per heavy atom. The van der Waals surface area contributed by atoms with Crippen molar-refractivity contribution in [1.82, 2.24) is 4.98 Å². The topological polar surface area (TPSA) is 109 Å². The van der Waals surface area contributed by atoms with Gasteiger partial charge in [-0.2, -0.15) is 18.4 Å². The number of aromatic nitrogens is 1. The zero-order valence-electron chi connectivity index (χ0n) is 13.1. The molecule has 0 radical (unpaired) electrons. The second-order valence-corrected chi connectivity index (χ2v) is 4.95. The molecule has 0 aliphatic rings. The van der Waals surface area contributed by atoms with Gasteiger partial charge < -0.3 is 9.84 Å². The van der Waals surface area contributed by atoms with Gasteiger partial charge in [0.1, 0.15) is 5.69 Å². The summed E-state index contributed by atoms with van der Waals surface area (Å²) in [5.41, 5.74) is -1.59. The molecule has 1 N–H and O–H groups in total. The third-order valence-electron chi connectivity index (χ3n) is 3.29. The van der Waals surface area contributed by atoms with Crippen molar-refractivity contribution in [2.75, 3.05) is 7.11 Å². The van der Waals surface area contributed by atoms with E-state index in [2.05, 4.69) is 4.98 Å². The first kappa shape index (κ1) is 18.7. The number of nitrogens with zero attached hydrogens (tertiary/aromatic N) is 3. The van der Waals surface area contributed by atoms with Gasteiger partial charge >= 0.3 is 11.9 Å². The number of hydrogen-bond donors (Lipinski definition) is 1. The number of pyridine rings is 1. The van der Waals surface area contributed by atoms with Crippen LogP contribution in [0.1, 0.15) is 16.8 Å². The van der Waals surface area contributed by atoms with Gasteiger partial charge in [0.15, 0.2) is 5.75 Å². The van der Waals surface area contributed by atoms with Crippen LogP contribution in [-0.2, 0) is 6.18 Å². The molecule has 134 valence electrons. The molecular weight excluding hydrogens is 355 g/mol. The summed E-state index contributed by atoms with van der Waals surface area (Å²) in [7, 11) is 1.19. The van der Waals surface area contributed by atoms with Crippen molar-refractivity contribution >= 4 is 17.3 Å². The zero-order chi connectivity index (χ0) is 19.5. The molecule has 0 bridgehead atoms. The largest absolute Gasteiger partial charge is 0.500 e. The summed E-state index contributed by atoms with van der Waals surface area (Å²) in [6, 6.07) is 5.84. The highest BCUT2D eigenvalue weighted by molar-refractivity contribution is 5.90. The molecular formula is C16H10F3N3O4. The molecule has 0 saturated heterocycles. The molecule has 0 fully saturated rings. The van der Waals surface area contributed by atoms with E-state index in [1.54, 1.807) is 6.07 Å². The maximum atomic E-state index is 12.5. The first-order valence-corrected chi connectivity index (χ1v) is 6.88. The fourth-order valence-corrected chi connectivity index (χ4v) is 2.06. The Bertz CT molecular complexity index is 916. The summed E-state index contributed by atoms with van der Waals surface area (Å²) in [4.78, 5) is 13.4. The SMILES string of the molecule is COc1cc(C=C(C#N)c2ccc(C(F)(F)F)nc2)cc([N+](=O)[O-])c1O. The van der Waals surface area contributed by atoms with E-state index in [1.807, 2.05) is 0 Å². The van der Waals surface area contributed by atoms with E-state index in [-0.39, 0.29) is 22.4 Å². The number of hydrogen-bond acceptors (Lipinski definition) is 6. The normalized spacial score (nSPS) is 11.7. The summed E-state index contributed by atoms with van der Waals surface area (Å²) < 4.78 is 42.5. The van der Waals surface area contributed by atoms with Gasteiger partial charge in [0.2, 0.25) is 5.75 Å². The zero-order valence-corrected chi connectivity index (χ0v) is 13.1. The monoisotopic (exact) mass is 365 g/mol. The van der Waals surface area contributed by atoms with Crippen LogP contribution < -0.4 is 4.74 Å². The summed E-state index contributed by atoms with van der Waals surface area (Å²) in [5.74, 6) is -0.863. The van der Waals surface area contributed by atoms with E-state index in [9.17, 15) is 33.7 Å². The third-order valence-corrected chi connectivity index (χ3v) is 3.29. The van der Waals surface area contributed by atoms with Crippen molar-refractivity contribution in [2.24, 2.45) is 0 Å². The lowest BCUT2D eigenvalue weighted by molar-refractivity contribution is -0.386. The van der Waals surface area contributed by atoms with Gasteiger partial charge in [-0.05, 0) is 29.8 Å². The Morgan fingerprint density at radius 3 is 2.58 bits per heavy atom. The number of allylic oxidation sites excluding steroid dienone is 1. The maximum Gasteiger partial charge on any atom is 0.433 e. The summed E-state index contributed by atoms with van der Waals surface area (Å²) in [6.45, 7) is 0. The average Bonchev–Trinajstić information content (AvgIpc) is 2.59. The molecule has 2 aromatic rings. The second-order valence-electron chi connectivity index (χ2n) is 4.95. The van der Waals surface area contributed by atoms with Crippen molar-refractivity contribution in [1.29, 1.82) is 5.26 Å². The number of nitriles is 1. The fourth-order valence-electron chi connectivity index (χ4n) is 2.06. The van der Waals surface area contributed by atoms with E-state index in [4.69, 9.17) is 4.74 Å². The van der Waals surface area contributed by atoms with Gasteiger partial charge in [0.05, 0.1) is 23.7 Å². The van der Waals surface area contributed by atoms with Crippen LogP contribution in [-0.4, -0.2) is 22.1 Å². The number of nitro benzene ring substituents is 1. The van der Waals surface area contributed by atoms with Gasteiger partial charge in [0.25, 0.3) is 0 Å².